The highest BCUT2D eigenvalue weighted by Gasteiger charge is 2.27. The summed E-state index contributed by atoms with van der Waals surface area (Å²) >= 11 is 0. The molecule has 2 aromatic rings. The fraction of sp³-hybridized carbons (Fsp3) is 0.364. The van der Waals surface area contributed by atoms with E-state index in [0.29, 0.717) is 16.9 Å². The maximum Gasteiger partial charge on any atom is 0.415 e. The summed E-state index contributed by atoms with van der Waals surface area (Å²) in [6, 6.07) is 12.5. The number of rotatable bonds is 4. The van der Waals surface area contributed by atoms with Gasteiger partial charge < -0.3 is 15.2 Å². The summed E-state index contributed by atoms with van der Waals surface area (Å²) in [4.78, 5) is 26.3. The number of methoxy groups -OCH3 is 1. The molecule has 0 aliphatic heterocycles. The third kappa shape index (κ3) is 4.82. The highest BCUT2D eigenvalue weighted by Crippen LogP contribution is 2.34. The number of hydrogen-bond donors (Lipinski definition) is 1. The average molecular weight is 384 g/mol. The van der Waals surface area contributed by atoms with Gasteiger partial charge >= 0.3 is 12.1 Å². The van der Waals surface area contributed by atoms with Gasteiger partial charge in [-0.1, -0.05) is 24.3 Å². The van der Waals surface area contributed by atoms with Gasteiger partial charge in [0.1, 0.15) is 5.60 Å². The molecule has 0 atom stereocenters. The Morgan fingerprint density at radius 3 is 2.25 bits per heavy atom. The summed E-state index contributed by atoms with van der Waals surface area (Å²) in [5.74, 6) is -0.491. The van der Waals surface area contributed by atoms with Crippen LogP contribution in [0.25, 0.3) is 11.1 Å². The standard InChI is InChI=1S/C22H28N2O4/c1-14(2)24(21(26)28-22(3,4)5)19-10-8-7-9-16(19)15-11-12-17(18(23)13-15)20(25)27-6/h7-14H,23H2,1-6H3. The van der Waals surface area contributed by atoms with Crippen molar-refractivity contribution >= 4 is 23.4 Å². The molecule has 0 saturated carbocycles. The highest BCUT2D eigenvalue weighted by atomic mass is 16.6. The Hall–Kier alpha value is -3.02. The lowest BCUT2D eigenvalue weighted by atomic mass is 9.99. The number of nitrogen functional groups attached to an aromatic ring is 1. The van der Waals surface area contributed by atoms with Gasteiger partial charge in [0.25, 0.3) is 0 Å². The van der Waals surface area contributed by atoms with Crippen molar-refractivity contribution in [3.63, 3.8) is 0 Å². The van der Waals surface area contributed by atoms with Crippen LogP contribution in [-0.4, -0.2) is 30.8 Å². The first-order valence-corrected chi connectivity index (χ1v) is 9.14. The molecule has 6 heteroatoms. The van der Waals surface area contributed by atoms with E-state index in [0.717, 1.165) is 11.1 Å². The fourth-order valence-electron chi connectivity index (χ4n) is 2.85. The Morgan fingerprint density at radius 1 is 1.07 bits per heavy atom. The summed E-state index contributed by atoms with van der Waals surface area (Å²) < 4.78 is 10.3. The van der Waals surface area contributed by atoms with E-state index in [9.17, 15) is 9.59 Å². The Balaban J connectivity index is 2.53. The molecule has 0 unspecified atom stereocenters. The van der Waals surface area contributed by atoms with Crippen molar-refractivity contribution in [3.8, 4) is 11.1 Å². The average Bonchev–Trinajstić information content (AvgIpc) is 2.59. The van der Waals surface area contributed by atoms with Crippen molar-refractivity contribution in [2.75, 3.05) is 17.7 Å². The summed E-state index contributed by atoms with van der Waals surface area (Å²) in [6.07, 6.45) is -0.422. The van der Waals surface area contributed by atoms with Crippen molar-refractivity contribution in [1.29, 1.82) is 0 Å². The molecule has 0 aromatic heterocycles. The van der Waals surface area contributed by atoms with Crippen LogP contribution in [0, 0.1) is 0 Å². The molecular formula is C22H28N2O4. The molecule has 0 aliphatic rings. The molecule has 1 amide bonds. The molecule has 150 valence electrons. The lowest BCUT2D eigenvalue weighted by Crippen LogP contribution is -2.41. The summed E-state index contributed by atoms with van der Waals surface area (Å²) in [5.41, 5.74) is 8.37. The molecule has 0 heterocycles. The first kappa shape index (κ1) is 21.3. The zero-order chi connectivity index (χ0) is 21.1. The van der Waals surface area contributed by atoms with Gasteiger partial charge in [-0.25, -0.2) is 9.59 Å². The molecule has 0 aliphatic carbocycles. The number of anilines is 2. The Kier molecular flexibility index (Phi) is 6.33. The van der Waals surface area contributed by atoms with Crippen LogP contribution < -0.4 is 10.6 Å². The van der Waals surface area contributed by atoms with Gasteiger partial charge in [0.2, 0.25) is 0 Å². The van der Waals surface area contributed by atoms with Gasteiger partial charge in [0, 0.05) is 17.3 Å². The molecule has 0 radical (unpaired) electrons. The molecule has 2 aromatic carbocycles. The van der Waals surface area contributed by atoms with Crippen LogP contribution in [-0.2, 0) is 9.47 Å². The third-order valence-corrected chi connectivity index (χ3v) is 4.04. The number of benzene rings is 2. The van der Waals surface area contributed by atoms with E-state index >= 15 is 0 Å². The van der Waals surface area contributed by atoms with Gasteiger partial charge in [-0.05, 0) is 58.4 Å². The Morgan fingerprint density at radius 2 is 1.71 bits per heavy atom. The molecule has 2 N–H and O–H groups in total. The molecule has 6 nitrogen and oxygen atoms in total. The lowest BCUT2D eigenvalue weighted by Gasteiger charge is -2.31. The number of esters is 1. The van der Waals surface area contributed by atoms with E-state index in [1.807, 2.05) is 58.9 Å². The SMILES string of the molecule is COC(=O)c1ccc(-c2ccccc2N(C(=O)OC(C)(C)C)C(C)C)cc1N. The third-order valence-electron chi connectivity index (χ3n) is 4.04. The number of ether oxygens (including phenoxy) is 2. The van der Waals surface area contributed by atoms with Gasteiger partial charge in [-0.3, -0.25) is 4.90 Å². The van der Waals surface area contributed by atoms with E-state index < -0.39 is 17.7 Å². The van der Waals surface area contributed by atoms with Crippen LogP contribution in [0.2, 0.25) is 0 Å². The molecule has 0 spiro atoms. The minimum atomic E-state index is -0.605. The van der Waals surface area contributed by atoms with Crippen LogP contribution >= 0.6 is 0 Å². The second-order valence-electron chi connectivity index (χ2n) is 7.75. The number of carbonyl (C=O) groups excluding carboxylic acids is 2. The van der Waals surface area contributed by atoms with Gasteiger partial charge in [-0.2, -0.15) is 0 Å². The van der Waals surface area contributed by atoms with Crippen LogP contribution in [0.15, 0.2) is 42.5 Å². The lowest BCUT2D eigenvalue weighted by molar-refractivity contribution is 0.0567. The molecular weight excluding hydrogens is 356 g/mol. The predicted octanol–water partition coefficient (Wildman–Crippen LogP) is 4.87. The number of nitrogens with zero attached hydrogens (tertiary/aromatic N) is 1. The van der Waals surface area contributed by atoms with Crippen molar-refractivity contribution in [3.05, 3.63) is 48.0 Å². The Bertz CT molecular complexity index is 869. The largest absolute Gasteiger partial charge is 0.465 e. The van der Waals surface area contributed by atoms with Crippen LogP contribution in [0.1, 0.15) is 45.0 Å². The van der Waals surface area contributed by atoms with Gasteiger partial charge in [0.15, 0.2) is 0 Å². The van der Waals surface area contributed by atoms with E-state index in [4.69, 9.17) is 15.2 Å². The summed E-state index contributed by atoms with van der Waals surface area (Å²) in [5, 5.41) is 0. The van der Waals surface area contributed by atoms with E-state index in [-0.39, 0.29) is 6.04 Å². The number of nitrogens with two attached hydrogens (primary N) is 1. The van der Waals surface area contributed by atoms with Gasteiger partial charge in [0.05, 0.1) is 18.4 Å². The normalized spacial score (nSPS) is 11.2. The second kappa shape index (κ2) is 8.33. The monoisotopic (exact) mass is 384 g/mol. The Labute approximate surface area is 166 Å². The second-order valence-corrected chi connectivity index (χ2v) is 7.75. The van der Waals surface area contributed by atoms with Gasteiger partial charge in [-0.15, -0.1) is 0 Å². The van der Waals surface area contributed by atoms with Crippen LogP contribution in [0.3, 0.4) is 0 Å². The zero-order valence-corrected chi connectivity index (χ0v) is 17.3. The zero-order valence-electron chi connectivity index (χ0n) is 17.3. The smallest absolute Gasteiger partial charge is 0.415 e. The highest BCUT2D eigenvalue weighted by molar-refractivity contribution is 5.98. The number of amides is 1. The summed E-state index contributed by atoms with van der Waals surface area (Å²) in [7, 11) is 1.31. The summed E-state index contributed by atoms with van der Waals surface area (Å²) in [6.45, 7) is 9.36. The van der Waals surface area contributed by atoms with E-state index in [1.165, 1.54) is 7.11 Å². The quantitative estimate of drug-likeness (QED) is 0.600. The first-order valence-electron chi connectivity index (χ1n) is 9.14. The molecule has 0 saturated heterocycles. The van der Waals surface area contributed by atoms with Crippen molar-refractivity contribution in [2.24, 2.45) is 0 Å². The molecule has 2 rings (SSSR count). The van der Waals surface area contributed by atoms with E-state index in [1.54, 1.807) is 23.1 Å². The molecule has 0 bridgehead atoms. The first-order chi connectivity index (χ1) is 13.0. The van der Waals surface area contributed by atoms with Crippen LogP contribution in [0.4, 0.5) is 16.2 Å². The minimum Gasteiger partial charge on any atom is -0.465 e. The number of carbonyl (C=O) groups is 2. The van der Waals surface area contributed by atoms with E-state index in [2.05, 4.69) is 0 Å². The van der Waals surface area contributed by atoms with Crippen LogP contribution in [0.5, 0.6) is 0 Å². The number of para-hydroxylation sites is 1. The van der Waals surface area contributed by atoms with Crippen molar-refractivity contribution in [2.45, 2.75) is 46.3 Å². The topological polar surface area (TPSA) is 81.9 Å². The predicted molar refractivity (Wildman–Crippen MR) is 111 cm³/mol. The molecule has 28 heavy (non-hydrogen) atoms. The number of hydrogen-bond acceptors (Lipinski definition) is 5. The maximum atomic E-state index is 12.9. The molecule has 0 fully saturated rings. The fourth-order valence-corrected chi connectivity index (χ4v) is 2.85. The van der Waals surface area contributed by atoms with Crippen molar-refractivity contribution < 1.29 is 19.1 Å². The minimum absolute atomic E-state index is 0.123. The maximum absolute atomic E-state index is 12.9. The van der Waals surface area contributed by atoms with Crippen molar-refractivity contribution in [1.82, 2.24) is 0 Å².